The molecule has 1 aliphatic carbocycles. The third kappa shape index (κ3) is 11.0. The Labute approximate surface area is 285 Å². The summed E-state index contributed by atoms with van der Waals surface area (Å²) in [6.07, 6.45) is 6.20. The van der Waals surface area contributed by atoms with Gasteiger partial charge in [-0.25, -0.2) is 4.98 Å². The van der Waals surface area contributed by atoms with Gasteiger partial charge in [0.1, 0.15) is 29.2 Å². The molecular weight excluding hydrogens is 653 g/mol. The molecule has 0 bridgehead atoms. The van der Waals surface area contributed by atoms with Gasteiger partial charge in [-0.15, -0.1) is 0 Å². The molecule has 1 aromatic heterocycles. The first-order valence-electron chi connectivity index (χ1n) is 16.2. The molecule has 4 amide bonds. The number of carbonyl (C=O) groups is 4. The number of nitrogens with one attached hydrogen (secondary N) is 3. The van der Waals surface area contributed by atoms with Crippen molar-refractivity contribution in [2.24, 2.45) is 11.7 Å². The molecule has 13 heteroatoms. The molecule has 0 saturated heterocycles. The van der Waals surface area contributed by atoms with E-state index in [-0.39, 0.29) is 23.1 Å². The molecule has 0 spiro atoms. The van der Waals surface area contributed by atoms with Gasteiger partial charge in [0.25, 0.3) is 5.91 Å². The summed E-state index contributed by atoms with van der Waals surface area (Å²) in [7, 11) is -4.44. The SMILES string of the molecule is NC(=O)[C@@H](CCCc1ccccc1)NC(=O)C(NC(=O)CP(=O)(O)C(Cc1ccccc1)NC(=O)c1cccnc1Cl)C1CCCCC1. The molecule has 4 atom stereocenters. The number of amides is 4. The maximum Gasteiger partial charge on any atom is 0.255 e. The summed E-state index contributed by atoms with van der Waals surface area (Å²) in [5.41, 5.74) is 7.44. The molecule has 256 valence electrons. The molecule has 6 N–H and O–H groups in total. The summed E-state index contributed by atoms with van der Waals surface area (Å²) in [6.45, 7) is 0. The highest BCUT2D eigenvalue weighted by Gasteiger charge is 2.38. The van der Waals surface area contributed by atoms with Crippen LogP contribution in [0.3, 0.4) is 0 Å². The van der Waals surface area contributed by atoms with Crippen LogP contribution in [0, 0.1) is 5.92 Å². The van der Waals surface area contributed by atoms with Gasteiger partial charge >= 0.3 is 0 Å². The molecule has 3 aromatic rings. The number of pyridine rings is 1. The number of benzene rings is 2. The molecule has 48 heavy (non-hydrogen) atoms. The zero-order valence-corrected chi connectivity index (χ0v) is 28.4. The minimum atomic E-state index is -4.44. The summed E-state index contributed by atoms with van der Waals surface area (Å²) < 4.78 is 13.9. The van der Waals surface area contributed by atoms with Gasteiger partial charge in [0.2, 0.25) is 25.1 Å². The maximum absolute atomic E-state index is 13.9. The minimum Gasteiger partial charge on any atom is -0.368 e. The van der Waals surface area contributed by atoms with E-state index in [1.54, 1.807) is 30.3 Å². The average molecular weight is 696 g/mol. The van der Waals surface area contributed by atoms with E-state index in [2.05, 4.69) is 20.9 Å². The zero-order chi connectivity index (χ0) is 34.5. The lowest BCUT2D eigenvalue weighted by atomic mass is 9.83. The van der Waals surface area contributed by atoms with Crippen molar-refractivity contribution in [2.75, 3.05) is 6.16 Å². The topological polar surface area (TPSA) is 181 Å². The smallest absolute Gasteiger partial charge is 0.255 e. The van der Waals surface area contributed by atoms with E-state index in [1.165, 1.54) is 18.3 Å². The normalized spacial score (nSPS) is 16.5. The summed E-state index contributed by atoms with van der Waals surface area (Å²) in [5.74, 6) is -4.36. The molecule has 1 heterocycles. The highest BCUT2D eigenvalue weighted by Crippen LogP contribution is 2.46. The first-order valence-corrected chi connectivity index (χ1v) is 18.5. The maximum atomic E-state index is 13.9. The molecule has 0 aliphatic heterocycles. The van der Waals surface area contributed by atoms with Crippen LogP contribution < -0.4 is 21.7 Å². The van der Waals surface area contributed by atoms with E-state index in [0.717, 1.165) is 24.8 Å². The summed E-state index contributed by atoms with van der Waals surface area (Å²) in [5, 5.41) is 7.96. The molecule has 4 rings (SSSR count). The fraction of sp³-hybridized carbons (Fsp3) is 0.400. The Bertz CT molecular complexity index is 1590. The monoisotopic (exact) mass is 695 g/mol. The highest BCUT2D eigenvalue weighted by molar-refractivity contribution is 7.59. The lowest BCUT2D eigenvalue weighted by Crippen LogP contribution is -2.56. The lowest BCUT2D eigenvalue weighted by Gasteiger charge is -2.31. The summed E-state index contributed by atoms with van der Waals surface area (Å²) >= 11 is 6.10. The van der Waals surface area contributed by atoms with Crippen LogP contribution in [0.2, 0.25) is 5.15 Å². The average Bonchev–Trinajstić information content (AvgIpc) is 3.07. The number of rotatable bonds is 16. The predicted molar refractivity (Wildman–Crippen MR) is 184 cm³/mol. The van der Waals surface area contributed by atoms with Crippen LogP contribution in [0.4, 0.5) is 0 Å². The Kier molecular flexibility index (Phi) is 13.7. The number of nitrogens with zero attached hydrogens (tertiary/aromatic N) is 1. The molecule has 1 fully saturated rings. The fourth-order valence-electron chi connectivity index (χ4n) is 6.02. The van der Waals surface area contributed by atoms with Gasteiger partial charge in [-0.05, 0) is 61.3 Å². The van der Waals surface area contributed by atoms with Crippen LogP contribution in [-0.4, -0.2) is 57.5 Å². The molecule has 2 aromatic carbocycles. The number of carbonyl (C=O) groups excluding carboxylic acids is 4. The molecular formula is C35H43ClN5O6P. The van der Waals surface area contributed by atoms with E-state index in [4.69, 9.17) is 17.3 Å². The fourth-order valence-corrected chi connectivity index (χ4v) is 7.76. The summed E-state index contributed by atoms with van der Waals surface area (Å²) in [6, 6.07) is 19.5. The molecule has 11 nitrogen and oxygen atoms in total. The molecule has 0 radical (unpaired) electrons. The number of hydrogen-bond acceptors (Lipinski definition) is 6. The van der Waals surface area contributed by atoms with Crippen molar-refractivity contribution in [2.45, 2.75) is 75.7 Å². The third-order valence-corrected chi connectivity index (χ3v) is 10.9. The highest BCUT2D eigenvalue weighted by atomic mass is 35.5. The predicted octanol–water partition coefficient (Wildman–Crippen LogP) is 4.36. The summed E-state index contributed by atoms with van der Waals surface area (Å²) in [4.78, 5) is 67.8. The van der Waals surface area contributed by atoms with E-state index >= 15 is 0 Å². The van der Waals surface area contributed by atoms with Gasteiger partial charge in [-0.1, -0.05) is 91.5 Å². The van der Waals surface area contributed by atoms with Crippen LogP contribution >= 0.6 is 19.0 Å². The molecule has 1 saturated carbocycles. The Morgan fingerprint density at radius 2 is 1.54 bits per heavy atom. The number of aryl methyl sites for hydroxylation is 1. The van der Waals surface area contributed by atoms with E-state index in [1.807, 2.05) is 30.3 Å². The van der Waals surface area contributed by atoms with Crippen molar-refractivity contribution >= 4 is 42.6 Å². The Balaban J connectivity index is 1.47. The van der Waals surface area contributed by atoms with E-state index in [9.17, 15) is 28.6 Å². The quantitative estimate of drug-likeness (QED) is 0.109. The van der Waals surface area contributed by atoms with Crippen molar-refractivity contribution in [3.05, 3.63) is 101 Å². The minimum absolute atomic E-state index is 0.0171. The van der Waals surface area contributed by atoms with Gasteiger partial charge in [0, 0.05) is 12.6 Å². The Morgan fingerprint density at radius 1 is 0.896 bits per heavy atom. The van der Waals surface area contributed by atoms with Gasteiger partial charge in [0.15, 0.2) is 0 Å². The van der Waals surface area contributed by atoms with Crippen molar-refractivity contribution in [1.82, 2.24) is 20.9 Å². The number of hydrogen-bond donors (Lipinski definition) is 5. The number of aromatic nitrogens is 1. The van der Waals surface area contributed by atoms with Crippen molar-refractivity contribution in [3.63, 3.8) is 0 Å². The second-order valence-electron chi connectivity index (χ2n) is 12.2. The molecule has 1 aliphatic rings. The van der Waals surface area contributed by atoms with Gasteiger partial charge in [0.05, 0.1) is 5.56 Å². The van der Waals surface area contributed by atoms with Crippen LogP contribution in [0.15, 0.2) is 79.0 Å². The third-order valence-electron chi connectivity index (χ3n) is 8.61. The standard InChI is InChI=1S/C35H43ClN5O6P/c36-32-27(19-11-21-38-32)34(44)41-30(22-25-14-6-2-7-15-25)48(46,47)23-29(42)40-31(26-17-8-3-9-18-26)35(45)39-28(33(37)43)20-10-16-24-12-4-1-5-13-24/h1-2,4-7,11-15,19,21,26,28,30-31H,3,8-10,16-18,20,22-23H2,(H2,37,43)(H,39,45)(H,40,42)(H,41,44)(H,46,47)/t28-,30?,31?/m1/s1. The second kappa shape index (κ2) is 17.9. The van der Waals surface area contributed by atoms with Gasteiger partial charge < -0.3 is 26.6 Å². The molecule has 3 unspecified atom stereocenters. The second-order valence-corrected chi connectivity index (χ2v) is 15.0. The number of primary amides is 1. The Hall–Kier alpha value is -4.05. The zero-order valence-electron chi connectivity index (χ0n) is 26.7. The van der Waals surface area contributed by atoms with Crippen LogP contribution in [-0.2, 0) is 31.8 Å². The van der Waals surface area contributed by atoms with Crippen LogP contribution in [0.5, 0.6) is 0 Å². The Morgan fingerprint density at radius 3 is 2.17 bits per heavy atom. The van der Waals surface area contributed by atoms with Crippen molar-refractivity contribution in [1.29, 1.82) is 0 Å². The van der Waals surface area contributed by atoms with Crippen molar-refractivity contribution < 1.29 is 28.6 Å². The first-order chi connectivity index (χ1) is 23.0. The van der Waals surface area contributed by atoms with E-state index in [0.29, 0.717) is 37.7 Å². The van der Waals surface area contributed by atoms with Gasteiger partial charge in [-0.3, -0.25) is 23.7 Å². The van der Waals surface area contributed by atoms with Crippen LogP contribution in [0.25, 0.3) is 0 Å². The largest absolute Gasteiger partial charge is 0.368 e. The first kappa shape index (κ1) is 36.8. The van der Waals surface area contributed by atoms with Gasteiger partial charge in [-0.2, -0.15) is 0 Å². The number of nitrogens with two attached hydrogens (primary N) is 1. The van der Waals surface area contributed by atoms with Crippen LogP contribution in [0.1, 0.15) is 66.4 Å². The number of halogens is 1. The lowest BCUT2D eigenvalue weighted by molar-refractivity contribution is -0.132. The van der Waals surface area contributed by atoms with Crippen molar-refractivity contribution in [3.8, 4) is 0 Å². The van der Waals surface area contributed by atoms with E-state index < -0.39 is 55.0 Å².